The molecule has 2 bridgehead atoms. The van der Waals surface area contributed by atoms with Crippen LogP contribution in [0.15, 0.2) is 24.3 Å². The molecule has 5 nitrogen and oxygen atoms in total. The van der Waals surface area contributed by atoms with Gasteiger partial charge in [0.1, 0.15) is 12.4 Å². The molecule has 3 saturated heterocycles. The van der Waals surface area contributed by atoms with E-state index in [2.05, 4.69) is 9.80 Å². The molecule has 1 unspecified atom stereocenters. The van der Waals surface area contributed by atoms with Crippen molar-refractivity contribution in [2.75, 3.05) is 53.0 Å². The van der Waals surface area contributed by atoms with Crippen molar-refractivity contribution in [2.24, 2.45) is 0 Å². The lowest BCUT2D eigenvalue weighted by Crippen LogP contribution is -2.63. The van der Waals surface area contributed by atoms with Gasteiger partial charge in [-0.2, -0.15) is 0 Å². The molecular formula is C16H22N2O3. The van der Waals surface area contributed by atoms with E-state index in [1.165, 1.54) is 0 Å². The lowest BCUT2D eigenvalue weighted by molar-refractivity contribution is 0.0157. The molecule has 1 aromatic rings. The van der Waals surface area contributed by atoms with Crippen LogP contribution < -0.4 is 4.74 Å². The highest BCUT2D eigenvalue weighted by molar-refractivity contribution is 6.02. The van der Waals surface area contributed by atoms with E-state index in [0.29, 0.717) is 24.5 Å². The zero-order valence-electron chi connectivity index (χ0n) is 12.5. The summed E-state index contributed by atoms with van der Waals surface area (Å²) in [5.41, 5.74) is 0.687. The van der Waals surface area contributed by atoms with Gasteiger partial charge in [-0.15, -0.1) is 0 Å². The first-order valence-electron chi connectivity index (χ1n) is 7.51. The molecule has 4 rings (SSSR count). The predicted octanol–water partition coefficient (Wildman–Crippen LogP) is 0.894. The van der Waals surface area contributed by atoms with Gasteiger partial charge in [0.15, 0.2) is 5.78 Å². The Morgan fingerprint density at radius 3 is 2.62 bits per heavy atom. The molecule has 5 heteroatoms. The predicted molar refractivity (Wildman–Crippen MR) is 79.9 cm³/mol. The van der Waals surface area contributed by atoms with Crippen LogP contribution in [0.1, 0.15) is 10.4 Å². The molecule has 3 aliphatic rings. The summed E-state index contributed by atoms with van der Waals surface area (Å²) in [6, 6.07) is 7.49. The minimum atomic E-state index is -0.0281. The molecule has 1 aromatic carbocycles. The van der Waals surface area contributed by atoms with E-state index < -0.39 is 0 Å². The van der Waals surface area contributed by atoms with Crippen molar-refractivity contribution in [2.45, 2.75) is 6.04 Å². The highest BCUT2D eigenvalue weighted by atomic mass is 16.5. The minimum Gasteiger partial charge on any atom is -0.490 e. The van der Waals surface area contributed by atoms with Crippen LogP contribution in [0.2, 0.25) is 0 Å². The first-order valence-corrected chi connectivity index (χ1v) is 7.51. The van der Waals surface area contributed by atoms with Gasteiger partial charge in [-0.05, 0) is 12.1 Å². The normalized spacial score (nSPS) is 27.6. The molecule has 3 aliphatic heterocycles. The molecule has 114 valence electrons. The molecule has 0 aromatic heterocycles. The standard InChI is InChI=1S/C16H22N2O3/c1-20-10-11-21-15-5-3-2-4-13(15)16(19)14-12-17-6-8-18(14)9-7-17/h2-5,14H,6-12H2,1H3. The second kappa shape index (κ2) is 6.56. The van der Waals surface area contributed by atoms with Gasteiger partial charge in [0.25, 0.3) is 0 Å². The summed E-state index contributed by atoms with van der Waals surface area (Å²) in [7, 11) is 1.64. The Bertz CT molecular complexity index is 498. The summed E-state index contributed by atoms with van der Waals surface area (Å²) in [4.78, 5) is 17.5. The average Bonchev–Trinajstić information content (AvgIpc) is 2.56. The number of carbonyl (C=O) groups excluding carboxylic acids is 1. The molecule has 3 heterocycles. The van der Waals surface area contributed by atoms with Gasteiger partial charge < -0.3 is 9.47 Å². The molecule has 0 radical (unpaired) electrons. The Kier molecular flexibility index (Phi) is 4.53. The van der Waals surface area contributed by atoms with Crippen molar-refractivity contribution < 1.29 is 14.3 Å². The number of piperazine rings is 3. The summed E-state index contributed by atoms with van der Waals surface area (Å²) in [5, 5.41) is 0. The fourth-order valence-electron chi connectivity index (χ4n) is 3.08. The maximum absolute atomic E-state index is 12.9. The zero-order chi connectivity index (χ0) is 14.7. The Labute approximate surface area is 125 Å². The molecule has 0 saturated carbocycles. The van der Waals surface area contributed by atoms with Crippen LogP contribution in [-0.2, 0) is 4.74 Å². The minimum absolute atomic E-state index is 0.0281. The summed E-state index contributed by atoms with van der Waals surface area (Å²) in [6.45, 7) is 5.95. The van der Waals surface area contributed by atoms with Gasteiger partial charge in [-0.25, -0.2) is 0 Å². The summed E-state index contributed by atoms with van der Waals surface area (Å²) in [5.74, 6) is 0.838. The SMILES string of the molecule is COCCOc1ccccc1C(=O)C1CN2CCN1CC2. The lowest BCUT2D eigenvalue weighted by Gasteiger charge is -2.46. The zero-order valence-corrected chi connectivity index (χ0v) is 12.5. The molecule has 1 atom stereocenters. The summed E-state index contributed by atoms with van der Waals surface area (Å²) < 4.78 is 10.7. The Balaban J connectivity index is 1.75. The number of carbonyl (C=O) groups is 1. The van der Waals surface area contributed by atoms with Crippen molar-refractivity contribution in [1.29, 1.82) is 0 Å². The molecule has 0 spiro atoms. The van der Waals surface area contributed by atoms with Crippen molar-refractivity contribution in [3.05, 3.63) is 29.8 Å². The lowest BCUT2D eigenvalue weighted by atomic mass is 9.97. The highest BCUT2D eigenvalue weighted by Gasteiger charge is 2.37. The Morgan fingerprint density at radius 1 is 1.19 bits per heavy atom. The molecule has 3 fully saturated rings. The third kappa shape index (κ3) is 3.10. The van der Waals surface area contributed by atoms with Crippen LogP contribution >= 0.6 is 0 Å². The number of fused-ring (bicyclic) bond motifs is 3. The van der Waals surface area contributed by atoms with E-state index in [-0.39, 0.29) is 11.8 Å². The number of ketones is 1. The Hall–Kier alpha value is -1.43. The molecule has 0 amide bonds. The molecule has 0 N–H and O–H groups in total. The van der Waals surface area contributed by atoms with Crippen LogP contribution in [0, 0.1) is 0 Å². The first kappa shape index (κ1) is 14.5. The summed E-state index contributed by atoms with van der Waals surface area (Å²) in [6.07, 6.45) is 0. The highest BCUT2D eigenvalue weighted by Crippen LogP contribution is 2.24. The number of Topliss-reactive ketones (excluding diaryl/α,β-unsaturated/α-hetero) is 1. The number of benzene rings is 1. The van der Waals surface area contributed by atoms with Gasteiger partial charge >= 0.3 is 0 Å². The number of hydrogen-bond acceptors (Lipinski definition) is 5. The van der Waals surface area contributed by atoms with Crippen molar-refractivity contribution >= 4 is 5.78 Å². The number of rotatable bonds is 6. The maximum Gasteiger partial charge on any atom is 0.184 e. The largest absolute Gasteiger partial charge is 0.490 e. The van der Waals surface area contributed by atoms with E-state index in [1.54, 1.807) is 7.11 Å². The summed E-state index contributed by atoms with van der Waals surface area (Å²) >= 11 is 0. The van der Waals surface area contributed by atoms with E-state index in [9.17, 15) is 4.79 Å². The number of methoxy groups -OCH3 is 1. The quantitative estimate of drug-likeness (QED) is 0.575. The van der Waals surface area contributed by atoms with E-state index in [0.717, 1.165) is 32.7 Å². The van der Waals surface area contributed by atoms with Crippen molar-refractivity contribution in [3.63, 3.8) is 0 Å². The third-order valence-electron chi connectivity index (χ3n) is 4.28. The first-order chi connectivity index (χ1) is 10.3. The van der Waals surface area contributed by atoms with Crippen LogP contribution in [-0.4, -0.2) is 74.7 Å². The van der Waals surface area contributed by atoms with Gasteiger partial charge in [-0.1, -0.05) is 12.1 Å². The van der Waals surface area contributed by atoms with Crippen LogP contribution in [0.4, 0.5) is 0 Å². The van der Waals surface area contributed by atoms with E-state index in [1.807, 2.05) is 24.3 Å². The number of hydrogen-bond donors (Lipinski definition) is 0. The van der Waals surface area contributed by atoms with Crippen LogP contribution in [0.3, 0.4) is 0 Å². The molecule has 0 aliphatic carbocycles. The average molecular weight is 290 g/mol. The van der Waals surface area contributed by atoms with Gasteiger partial charge in [0.2, 0.25) is 0 Å². The van der Waals surface area contributed by atoms with Gasteiger partial charge in [0.05, 0.1) is 18.2 Å². The van der Waals surface area contributed by atoms with E-state index in [4.69, 9.17) is 9.47 Å². The number of para-hydroxylation sites is 1. The second-order valence-corrected chi connectivity index (χ2v) is 5.55. The smallest absolute Gasteiger partial charge is 0.184 e. The van der Waals surface area contributed by atoms with Crippen LogP contribution in [0.25, 0.3) is 0 Å². The van der Waals surface area contributed by atoms with E-state index >= 15 is 0 Å². The van der Waals surface area contributed by atoms with Crippen molar-refractivity contribution in [1.82, 2.24) is 9.80 Å². The maximum atomic E-state index is 12.9. The molecule has 21 heavy (non-hydrogen) atoms. The van der Waals surface area contributed by atoms with Crippen LogP contribution in [0.5, 0.6) is 5.75 Å². The fraction of sp³-hybridized carbons (Fsp3) is 0.562. The monoisotopic (exact) mass is 290 g/mol. The Morgan fingerprint density at radius 2 is 1.95 bits per heavy atom. The number of nitrogens with zero attached hydrogens (tertiary/aromatic N) is 2. The van der Waals surface area contributed by atoms with Crippen molar-refractivity contribution in [3.8, 4) is 5.75 Å². The number of ether oxygens (including phenoxy) is 2. The van der Waals surface area contributed by atoms with Gasteiger partial charge in [-0.3, -0.25) is 14.6 Å². The van der Waals surface area contributed by atoms with Gasteiger partial charge in [0, 0.05) is 39.8 Å². The topological polar surface area (TPSA) is 42.0 Å². The fourth-order valence-corrected chi connectivity index (χ4v) is 3.08. The molecular weight excluding hydrogens is 268 g/mol. The third-order valence-corrected chi connectivity index (χ3v) is 4.28. The second-order valence-electron chi connectivity index (χ2n) is 5.55.